The molecule has 1 heterocycles. The second-order valence-corrected chi connectivity index (χ2v) is 5.64. The quantitative estimate of drug-likeness (QED) is 0.615. The molecule has 2 rings (SSSR count). The Morgan fingerprint density at radius 1 is 1.24 bits per heavy atom. The smallest absolute Gasteiger partial charge is 0.409 e. The van der Waals surface area contributed by atoms with Gasteiger partial charge in [-0.2, -0.15) is 0 Å². The highest BCUT2D eigenvalue weighted by molar-refractivity contribution is 5.92. The first-order valence-corrected chi connectivity index (χ1v) is 8.31. The molecule has 0 aromatic heterocycles. The number of hydrogen-bond donors (Lipinski definition) is 2. The van der Waals surface area contributed by atoms with Gasteiger partial charge in [-0.25, -0.2) is 4.79 Å². The maximum Gasteiger partial charge on any atom is 0.409 e. The summed E-state index contributed by atoms with van der Waals surface area (Å²) < 4.78 is 5.02. The third-order valence-electron chi connectivity index (χ3n) is 3.98. The second-order valence-electron chi connectivity index (χ2n) is 5.64. The summed E-state index contributed by atoms with van der Waals surface area (Å²) >= 11 is 0. The molecule has 1 aliphatic heterocycles. The summed E-state index contributed by atoms with van der Waals surface area (Å²) in [7, 11) is 1.72. The Kier molecular flexibility index (Phi) is 6.62. The zero-order chi connectivity index (χ0) is 18.2. The zero-order valence-corrected chi connectivity index (χ0v) is 14.7. The van der Waals surface area contributed by atoms with Crippen molar-refractivity contribution in [1.82, 2.24) is 15.1 Å². The van der Waals surface area contributed by atoms with E-state index in [1.165, 1.54) is 0 Å². The number of benzene rings is 1. The van der Waals surface area contributed by atoms with Gasteiger partial charge in [0.2, 0.25) is 5.91 Å². The molecule has 0 bridgehead atoms. The van der Waals surface area contributed by atoms with Crippen LogP contribution in [0.4, 0.5) is 4.79 Å². The predicted molar refractivity (Wildman–Crippen MR) is 95.3 cm³/mol. The van der Waals surface area contributed by atoms with Crippen LogP contribution in [-0.2, 0) is 11.3 Å². The first kappa shape index (κ1) is 18.6. The van der Waals surface area contributed by atoms with Crippen LogP contribution in [0.3, 0.4) is 0 Å². The SMILES string of the molecule is CCOC(=O)N1CCN(C(=NC)NCc2cccc(C(N)=O)c2)CC1. The Morgan fingerprint density at radius 3 is 2.52 bits per heavy atom. The first-order valence-electron chi connectivity index (χ1n) is 8.31. The highest BCUT2D eigenvalue weighted by atomic mass is 16.6. The molecule has 0 spiro atoms. The molecule has 0 radical (unpaired) electrons. The van der Waals surface area contributed by atoms with Gasteiger partial charge in [-0.15, -0.1) is 0 Å². The number of nitrogens with two attached hydrogens (primary N) is 1. The van der Waals surface area contributed by atoms with Gasteiger partial charge in [0, 0.05) is 45.3 Å². The van der Waals surface area contributed by atoms with E-state index >= 15 is 0 Å². The van der Waals surface area contributed by atoms with Gasteiger partial charge >= 0.3 is 6.09 Å². The van der Waals surface area contributed by atoms with Crippen LogP contribution in [0.2, 0.25) is 0 Å². The minimum absolute atomic E-state index is 0.270. The van der Waals surface area contributed by atoms with Gasteiger partial charge in [0.05, 0.1) is 6.61 Å². The van der Waals surface area contributed by atoms with Crippen molar-refractivity contribution in [3.63, 3.8) is 0 Å². The molecule has 1 saturated heterocycles. The van der Waals surface area contributed by atoms with Gasteiger partial charge in [0.1, 0.15) is 0 Å². The van der Waals surface area contributed by atoms with E-state index in [4.69, 9.17) is 10.5 Å². The lowest BCUT2D eigenvalue weighted by atomic mass is 10.1. The number of piperazine rings is 1. The first-order chi connectivity index (χ1) is 12.0. The molecule has 136 valence electrons. The van der Waals surface area contributed by atoms with Crippen molar-refractivity contribution in [2.75, 3.05) is 39.8 Å². The van der Waals surface area contributed by atoms with Crippen molar-refractivity contribution in [3.8, 4) is 0 Å². The lowest BCUT2D eigenvalue weighted by molar-refractivity contribution is 0.0914. The van der Waals surface area contributed by atoms with E-state index in [0.29, 0.717) is 44.9 Å². The number of rotatable bonds is 4. The van der Waals surface area contributed by atoms with Gasteiger partial charge in [-0.1, -0.05) is 12.1 Å². The normalized spacial score (nSPS) is 15.0. The van der Waals surface area contributed by atoms with Crippen LogP contribution in [0.15, 0.2) is 29.3 Å². The Balaban J connectivity index is 1.88. The van der Waals surface area contributed by atoms with E-state index in [1.54, 1.807) is 37.1 Å². The summed E-state index contributed by atoms with van der Waals surface area (Å²) in [6.45, 7) is 5.26. The molecule has 25 heavy (non-hydrogen) atoms. The van der Waals surface area contributed by atoms with E-state index in [1.807, 2.05) is 6.07 Å². The van der Waals surface area contributed by atoms with E-state index < -0.39 is 5.91 Å². The maximum absolute atomic E-state index is 11.7. The minimum Gasteiger partial charge on any atom is -0.450 e. The predicted octanol–water partition coefficient (Wildman–Crippen LogP) is 0.635. The summed E-state index contributed by atoms with van der Waals surface area (Å²) in [6.07, 6.45) is -0.270. The average molecular weight is 347 g/mol. The average Bonchev–Trinajstić information content (AvgIpc) is 2.63. The number of amides is 2. The number of nitrogens with one attached hydrogen (secondary N) is 1. The van der Waals surface area contributed by atoms with E-state index in [2.05, 4.69) is 15.2 Å². The summed E-state index contributed by atoms with van der Waals surface area (Å²) in [6, 6.07) is 7.18. The molecule has 0 atom stereocenters. The van der Waals surface area contributed by atoms with Crippen LogP contribution in [0.1, 0.15) is 22.8 Å². The van der Waals surface area contributed by atoms with Gasteiger partial charge in [-0.05, 0) is 24.6 Å². The van der Waals surface area contributed by atoms with Crippen LogP contribution in [-0.4, -0.2) is 67.6 Å². The summed E-state index contributed by atoms with van der Waals surface area (Å²) in [5.41, 5.74) is 6.74. The number of ether oxygens (including phenoxy) is 1. The molecular weight excluding hydrogens is 322 g/mol. The Morgan fingerprint density at radius 2 is 1.92 bits per heavy atom. The lowest BCUT2D eigenvalue weighted by Crippen LogP contribution is -2.53. The Bertz CT molecular complexity index is 639. The molecule has 0 aliphatic carbocycles. The lowest BCUT2D eigenvalue weighted by Gasteiger charge is -2.35. The number of carbonyl (C=O) groups excluding carboxylic acids is 2. The third-order valence-corrected chi connectivity index (χ3v) is 3.98. The molecule has 8 heteroatoms. The fraction of sp³-hybridized carbons (Fsp3) is 0.471. The van der Waals surface area contributed by atoms with Gasteiger partial charge in [0.25, 0.3) is 0 Å². The standard InChI is InChI=1S/C17H25N5O3/c1-3-25-17(24)22-9-7-21(8-10-22)16(19-2)20-12-13-5-4-6-14(11-13)15(18)23/h4-6,11H,3,7-10,12H2,1-2H3,(H2,18,23)(H,19,20). The summed E-state index contributed by atoms with van der Waals surface area (Å²) in [5, 5.41) is 3.28. The Hall–Kier alpha value is -2.77. The van der Waals surface area contributed by atoms with Crippen molar-refractivity contribution in [3.05, 3.63) is 35.4 Å². The van der Waals surface area contributed by atoms with Crippen molar-refractivity contribution in [2.45, 2.75) is 13.5 Å². The summed E-state index contributed by atoms with van der Waals surface area (Å²) in [5.74, 6) is 0.314. The largest absolute Gasteiger partial charge is 0.450 e. The molecule has 1 fully saturated rings. The van der Waals surface area contributed by atoms with Gasteiger partial charge < -0.3 is 25.6 Å². The summed E-state index contributed by atoms with van der Waals surface area (Å²) in [4.78, 5) is 31.1. The molecule has 8 nitrogen and oxygen atoms in total. The van der Waals surface area contributed by atoms with Gasteiger partial charge in [-0.3, -0.25) is 9.79 Å². The van der Waals surface area contributed by atoms with Crippen molar-refractivity contribution in [1.29, 1.82) is 0 Å². The van der Waals surface area contributed by atoms with Crippen molar-refractivity contribution >= 4 is 18.0 Å². The van der Waals surface area contributed by atoms with Crippen LogP contribution in [0.5, 0.6) is 0 Å². The number of carbonyl (C=O) groups is 2. The molecule has 1 aromatic carbocycles. The minimum atomic E-state index is -0.443. The second kappa shape index (κ2) is 8.91. The number of guanidine groups is 1. The third kappa shape index (κ3) is 5.10. The molecular formula is C17H25N5O3. The number of hydrogen-bond acceptors (Lipinski definition) is 4. The maximum atomic E-state index is 11.7. The molecule has 0 unspecified atom stereocenters. The van der Waals surface area contributed by atoms with Gasteiger partial charge in [0.15, 0.2) is 5.96 Å². The van der Waals surface area contributed by atoms with Crippen LogP contribution >= 0.6 is 0 Å². The molecule has 1 aromatic rings. The molecule has 3 N–H and O–H groups in total. The fourth-order valence-corrected chi connectivity index (χ4v) is 2.66. The highest BCUT2D eigenvalue weighted by Gasteiger charge is 2.23. The van der Waals surface area contributed by atoms with Crippen LogP contribution in [0, 0.1) is 0 Å². The molecule has 1 aliphatic rings. The fourth-order valence-electron chi connectivity index (χ4n) is 2.66. The molecule has 2 amide bonds. The van der Waals surface area contributed by atoms with E-state index in [0.717, 1.165) is 11.5 Å². The monoisotopic (exact) mass is 347 g/mol. The van der Waals surface area contributed by atoms with E-state index in [-0.39, 0.29) is 6.09 Å². The highest BCUT2D eigenvalue weighted by Crippen LogP contribution is 2.07. The zero-order valence-electron chi connectivity index (χ0n) is 14.7. The van der Waals surface area contributed by atoms with Crippen LogP contribution < -0.4 is 11.1 Å². The van der Waals surface area contributed by atoms with Crippen molar-refractivity contribution in [2.24, 2.45) is 10.7 Å². The number of nitrogens with zero attached hydrogens (tertiary/aromatic N) is 3. The van der Waals surface area contributed by atoms with Crippen LogP contribution in [0.25, 0.3) is 0 Å². The number of primary amides is 1. The van der Waals surface area contributed by atoms with Crippen molar-refractivity contribution < 1.29 is 14.3 Å². The Labute approximate surface area is 147 Å². The number of aliphatic imine (C=N–C) groups is 1. The van der Waals surface area contributed by atoms with E-state index in [9.17, 15) is 9.59 Å². The molecule has 0 saturated carbocycles. The topological polar surface area (TPSA) is 100 Å².